The Hall–Kier alpha value is -2.41. The summed E-state index contributed by atoms with van der Waals surface area (Å²) in [5, 5.41) is 6.38. The standard InChI is InChI=1S/C21H22BrN3O3/c1-21(2,3)27-20(26)25-10-4-5-17(25)18-23-19(28-24-18)14-7-6-13-8-9-16(22)12-15(13)11-14/h6-9,11-12,17H,4-5,10H2,1-3H3. The predicted molar refractivity (Wildman–Crippen MR) is 110 cm³/mol. The van der Waals surface area contributed by atoms with Crippen LogP contribution >= 0.6 is 15.9 Å². The number of halogens is 1. The molecular formula is C21H22BrN3O3. The highest BCUT2D eigenvalue weighted by molar-refractivity contribution is 9.10. The van der Waals surface area contributed by atoms with Gasteiger partial charge in [-0.3, -0.25) is 4.90 Å². The van der Waals surface area contributed by atoms with Gasteiger partial charge in [-0.05, 0) is 68.7 Å². The zero-order valence-electron chi connectivity index (χ0n) is 16.1. The molecule has 1 aromatic heterocycles. The maximum Gasteiger partial charge on any atom is 0.410 e. The fourth-order valence-electron chi connectivity index (χ4n) is 3.41. The van der Waals surface area contributed by atoms with E-state index in [9.17, 15) is 4.79 Å². The summed E-state index contributed by atoms with van der Waals surface area (Å²) in [4.78, 5) is 18.8. The number of aromatic nitrogens is 2. The average molecular weight is 444 g/mol. The summed E-state index contributed by atoms with van der Waals surface area (Å²) in [6.07, 6.45) is 1.35. The average Bonchev–Trinajstić information content (AvgIpc) is 3.28. The van der Waals surface area contributed by atoms with Gasteiger partial charge in [0.2, 0.25) is 0 Å². The van der Waals surface area contributed by atoms with E-state index in [1.807, 2.05) is 45.0 Å². The second kappa shape index (κ2) is 7.20. The monoisotopic (exact) mass is 443 g/mol. The van der Waals surface area contributed by atoms with Crippen LogP contribution in [0.4, 0.5) is 4.79 Å². The minimum atomic E-state index is -0.536. The molecule has 6 nitrogen and oxygen atoms in total. The van der Waals surface area contributed by atoms with Crippen LogP contribution in [0.2, 0.25) is 0 Å². The van der Waals surface area contributed by atoms with Crippen LogP contribution in [0.5, 0.6) is 0 Å². The van der Waals surface area contributed by atoms with Gasteiger partial charge in [0.05, 0.1) is 6.04 Å². The Bertz CT molecular complexity index is 1030. The minimum absolute atomic E-state index is 0.220. The number of amides is 1. The molecule has 2 heterocycles. The molecule has 7 heteroatoms. The van der Waals surface area contributed by atoms with Crippen molar-refractivity contribution in [1.82, 2.24) is 15.0 Å². The van der Waals surface area contributed by atoms with Crippen molar-refractivity contribution >= 4 is 32.8 Å². The van der Waals surface area contributed by atoms with Crippen LogP contribution in [0.15, 0.2) is 45.4 Å². The highest BCUT2D eigenvalue weighted by Gasteiger charge is 2.36. The number of rotatable bonds is 2. The Morgan fingerprint density at radius 2 is 2.00 bits per heavy atom. The Morgan fingerprint density at radius 3 is 2.79 bits per heavy atom. The molecule has 28 heavy (non-hydrogen) atoms. The number of hydrogen-bond donors (Lipinski definition) is 0. The normalized spacial score (nSPS) is 17.3. The molecule has 0 spiro atoms. The summed E-state index contributed by atoms with van der Waals surface area (Å²) in [7, 11) is 0. The molecular weight excluding hydrogens is 422 g/mol. The highest BCUT2D eigenvalue weighted by atomic mass is 79.9. The van der Waals surface area contributed by atoms with Crippen LogP contribution in [0.25, 0.3) is 22.2 Å². The third-order valence-corrected chi connectivity index (χ3v) is 5.16. The molecule has 1 amide bonds. The Balaban J connectivity index is 1.59. The Morgan fingerprint density at radius 1 is 1.21 bits per heavy atom. The highest BCUT2D eigenvalue weighted by Crippen LogP contribution is 2.33. The smallest absolute Gasteiger partial charge is 0.410 e. The lowest BCUT2D eigenvalue weighted by Crippen LogP contribution is -2.36. The van der Waals surface area contributed by atoms with E-state index in [2.05, 4.69) is 38.2 Å². The van der Waals surface area contributed by atoms with E-state index < -0.39 is 5.60 Å². The molecule has 0 saturated carbocycles. The van der Waals surface area contributed by atoms with Crippen molar-refractivity contribution in [3.8, 4) is 11.5 Å². The lowest BCUT2D eigenvalue weighted by molar-refractivity contribution is 0.0217. The van der Waals surface area contributed by atoms with E-state index in [1.165, 1.54) is 0 Å². The van der Waals surface area contributed by atoms with E-state index in [0.717, 1.165) is 33.7 Å². The van der Waals surface area contributed by atoms with Crippen molar-refractivity contribution in [3.05, 3.63) is 46.7 Å². The number of likely N-dealkylation sites (tertiary alicyclic amines) is 1. The first-order valence-corrected chi connectivity index (χ1v) is 10.1. The van der Waals surface area contributed by atoms with Crippen molar-refractivity contribution in [1.29, 1.82) is 0 Å². The molecule has 1 unspecified atom stereocenters. The molecule has 0 radical (unpaired) electrons. The van der Waals surface area contributed by atoms with Crippen LogP contribution in [0, 0.1) is 0 Å². The van der Waals surface area contributed by atoms with Gasteiger partial charge in [0.15, 0.2) is 5.82 Å². The molecule has 1 saturated heterocycles. The molecule has 2 aromatic carbocycles. The van der Waals surface area contributed by atoms with Gasteiger partial charge in [-0.15, -0.1) is 0 Å². The summed E-state index contributed by atoms with van der Waals surface area (Å²) in [5.74, 6) is 0.973. The van der Waals surface area contributed by atoms with Gasteiger partial charge in [-0.1, -0.05) is 33.2 Å². The zero-order chi connectivity index (χ0) is 19.9. The third kappa shape index (κ3) is 3.90. The second-order valence-corrected chi connectivity index (χ2v) is 8.91. The van der Waals surface area contributed by atoms with Crippen LogP contribution in [0.1, 0.15) is 45.5 Å². The summed E-state index contributed by atoms with van der Waals surface area (Å²) < 4.78 is 12.1. The van der Waals surface area contributed by atoms with E-state index in [4.69, 9.17) is 9.26 Å². The summed E-state index contributed by atoms with van der Waals surface area (Å²) in [6.45, 7) is 6.22. The van der Waals surface area contributed by atoms with Gasteiger partial charge in [0, 0.05) is 16.6 Å². The van der Waals surface area contributed by atoms with Crippen LogP contribution in [-0.4, -0.2) is 33.3 Å². The zero-order valence-corrected chi connectivity index (χ0v) is 17.7. The molecule has 1 atom stereocenters. The maximum absolute atomic E-state index is 12.5. The van der Waals surface area contributed by atoms with E-state index in [0.29, 0.717) is 18.3 Å². The van der Waals surface area contributed by atoms with Gasteiger partial charge >= 0.3 is 6.09 Å². The van der Waals surface area contributed by atoms with Crippen LogP contribution in [-0.2, 0) is 4.74 Å². The van der Waals surface area contributed by atoms with Gasteiger partial charge in [0.1, 0.15) is 5.60 Å². The van der Waals surface area contributed by atoms with Crippen molar-refractivity contribution in [2.75, 3.05) is 6.54 Å². The quantitative estimate of drug-likeness (QED) is 0.506. The minimum Gasteiger partial charge on any atom is -0.444 e. The Labute approximate surface area is 172 Å². The number of fused-ring (bicyclic) bond motifs is 1. The van der Waals surface area contributed by atoms with Gasteiger partial charge in [-0.2, -0.15) is 4.98 Å². The molecule has 0 aliphatic carbocycles. The summed E-state index contributed by atoms with van der Waals surface area (Å²) >= 11 is 3.50. The SMILES string of the molecule is CC(C)(C)OC(=O)N1CCCC1c1noc(-c2ccc3ccc(Br)cc3c2)n1. The molecule has 0 bridgehead atoms. The molecule has 1 fully saturated rings. The fraction of sp³-hybridized carbons (Fsp3) is 0.381. The van der Waals surface area contributed by atoms with Gasteiger partial charge in [0.25, 0.3) is 5.89 Å². The first-order chi connectivity index (χ1) is 13.3. The topological polar surface area (TPSA) is 68.5 Å². The van der Waals surface area contributed by atoms with Crippen LogP contribution < -0.4 is 0 Å². The van der Waals surface area contributed by atoms with Crippen molar-refractivity contribution < 1.29 is 14.1 Å². The number of hydrogen-bond acceptors (Lipinski definition) is 5. The molecule has 146 valence electrons. The first kappa shape index (κ1) is 18.9. The number of nitrogens with zero attached hydrogens (tertiary/aromatic N) is 3. The van der Waals surface area contributed by atoms with Crippen LogP contribution in [0.3, 0.4) is 0 Å². The predicted octanol–water partition coefficient (Wildman–Crippen LogP) is 5.72. The van der Waals surface area contributed by atoms with E-state index >= 15 is 0 Å². The number of ether oxygens (including phenoxy) is 1. The summed E-state index contributed by atoms with van der Waals surface area (Å²) in [6, 6.07) is 11.9. The first-order valence-electron chi connectivity index (χ1n) is 9.33. The number of carbonyl (C=O) groups excluding carboxylic acids is 1. The van der Waals surface area contributed by atoms with E-state index in [1.54, 1.807) is 4.90 Å². The molecule has 3 aromatic rings. The van der Waals surface area contributed by atoms with Crippen molar-refractivity contribution in [3.63, 3.8) is 0 Å². The largest absolute Gasteiger partial charge is 0.444 e. The number of benzene rings is 2. The maximum atomic E-state index is 12.5. The van der Waals surface area contributed by atoms with E-state index in [-0.39, 0.29) is 12.1 Å². The van der Waals surface area contributed by atoms with Gasteiger partial charge < -0.3 is 9.26 Å². The molecule has 1 aliphatic rings. The Kier molecular flexibility index (Phi) is 4.87. The third-order valence-electron chi connectivity index (χ3n) is 4.67. The molecule has 0 N–H and O–H groups in total. The summed E-state index contributed by atoms with van der Waals surface area (Å²) in [5.41, 5.74) is 0.317. The lowest BCUT2D eigenvalue weighted by atomic mass is 10.1. The van der Waals surface area contributed by atoms with Gasteiger partial charge in [-0.25, -0.2) is 4.79 Å². The number of carbonyl (C=O) groups is 1. The fourth-order valence-corrected chi connectivity index (χ4v) is 3.79. The molecule has 4 rings (SSSR count). The van der Waals surface area contributed by atoms with Crippen molar-refractivity contribution in [2.45, 2.75) is 45.3 Å². The lowest BCUT2D eigenvalue weighted by Gasteiger charge is -2.27. The van der Waals surface area contributed by atoms with Crippen molar-refractivity contribution in [2.24, 2.45) is 0 Å². The molecule has 1 aliphatic heterocycles. The second-order valence-electron chi connectivity index (χ2n) is 8.00.